The highest BCUT2D eigenvalue weighted by Gasteiger charge is 2.10. The van der Waals surface area contributed by atoms with Gasteiger partial charge in [0.15, 0.2) is 0 Å². The van der Waals surface area contributed by atoms with E-state index in [4.69, 9.17) is 14.2 Å². The largest absolute Gasteiger partial charge is 0.492 e. The number of hydrogen-bond acceptors (Lipinski definition) is 4. The van der Waals surface area contributed by atoms with Crippen LogP contribution in [0, 0.1) is 0 Å². The summed E-state index contributed by atoms with van der Waals surface area (Å²) in [4.78, 5) is 12.8. The summed E-state index contributed by atoms with van der Waals surface area (Å²) in [6.07, 6.45) is 0.812. The van der Waals surface area contributed by atoms with E-state index in [0.29, 0.717) is 42.6 Å². The molecule has 0 heterocycles. The maximum Gasteiger partial charge on any atom is 0.255 e. The first-order valence-corrected chi connectivity index (χ1v) is 12.1. The van der Waals surface area contributed by atoms with E-state index in [9.17, 15) is 4.79 Å². The molecule has 4 rings (SSSR count). The summed E-state index contributed by atoms with van der Waals surface area (Å²) >= 11 is 3.51. The molecule has 0 spiro atoms. The number of anilines is 1. The van der Waals surface area contributed by atoms with E-state index in [1.54, 1.807) is 24.3 Å². The monoisotopic (exact) mass is 531 g/mol. The molecular weight excluding hydrogens is 506 g/mol. The fourth-order valence-electron chi connectivity index (χ4n) is 3.39. The van der Waals surface area contributed by atoms with Gasteiger partial charge in [-0.1, -0.05) is 54.6 Å². The molecule has 0 aliphatic rings. The zero-order valence-electron chi connectivity index (χ0n) is 19.2. The molecular formula is C29H26BrNO4. The minimum absolute atomic E-state index is 0.217. The summed E-state index contributed by atoms with van der Waals surface area (Å²) in [5.74, 6) is 1.94. The molecule has 0 aromatic heterocycles. The van der Waals surface area contributed by atoms with E-state index >= 15 is 0 Å². The number of amides is 1. The van der Waals surface area contributed by atoms with Gasteiger partial charge in [0.25, 0.3) is 5.91 Å². The van der Waals surface area contributed by atoms with E-state index in [1.807, 2.05) is 66.7 Å². The topological polar surface area (TPSA) is 56.8 Å². The third-order valence-corrected chi connectivity index (χ3v) is 5.76. The Morgan fingerprint density at radius 2 is 1.37 bits per heavy atom. The lowest BCUT2D eigenvalue weighted by Gasteiger charge is -2.12. The summed E-state index contributed by atoms with van der Waals surface area (Å²) in [6.45, 7) is 1.37. The van der Waals surface area contributed by atoms with Gasteiger partial charge in [-0.15, -0.1) is 0 Å². The molecule has 0 saturated heterocycles. The Labute approximate surface area is 213 Å². The Morgan fingerprint density at radius 3 is 2.11 bits per heavy atom. The first-order valence-electron chi connectivity index (χ1n) is 11.4. The molecule has 35 heavy (non-hydrogen) atoms. The average Bonchev–Trinajstić information content (AvgIpc) is 2.89. The van der Waals surface area contributed by atoms with Crippen molar-refractivity contribution in [1.82, 2.24) is 0 Å². The second kappa shape index (κ2) is 12.6. The highest BCUT2D eigenvalue weighted by molar-refractivity contribution is 9.10. The second-order valence-corrected chi connectivity index (χ2v) is 8.58. The van der Waals surface area contributed by atoms with Crippen molar-refractivity contribution in [3.63, 3.8) is 0 Å². The number of ether oxygens (including phenoxy) is 3. The molecule has 0 atom stereocenters. The van der Waals surface area contributed by atoms with Gasteiger partial charge in [-0.3, -0.25) is 4.79 Å². The maximum atomic E-state index is 12.8. The number of carbonyl (C=O) groups is 1. The fourth-order valence-corrected chi connectivity index (χ4v) is 3.88. The SMILES string of the molecule is O=C(Nc1cccc(OCCOc2ccccc2)c1)c1ccc(OCCc2ccccc2)c(Br)c1. The van der Waals surface area contributed by atoms with Crippen LogP contribution in [0.2, 0.25) is 0 Å². The van der Waals surface area contributed by atoms with Crippen LogP contribution < -0.4 is 19.5 Å². The Kier molecular flexibility index (Phi) is 8.79. The van der Waals surface area contributed by atoms with Gasteiger partial charge in [-0.05, 0) is 64.0 Å². The zero-order chi connectivity index (χ0) is 24.3. The van der Waals surface area contributed by atoms with Crippen LogP contribution in [0.1, 0.15) is 15.9 Å². The molecule has 1 amide bonds. The molecule has 0 aliphatic heterocycles. The van der Waals surface area contributed by atoms with Crippen molar-refractivity contribution >= 4 is 27.5 Å². The van der Waals surface area contributed by atoms with Gasteiger partial charge in [-0.25, -0.2) is 0 Å². The van der Waals surface area contributed by atoms with Gasteiger partial charge in [0, 0.05) is 23.7 Å². The highest BCUT2D eigenvalue weighted by atomic mass is 79.9. The van der Waals surface area contributed by atoms with Crippen LogP contribution in [-0.4, -0.2) is 25.7 Å². The van der Waals surface area contributed by atoms with Gasteiger partial charge < -0.3 is 19.5 Å². The molecule has 6 heteroatoms. The number of carbonyl (C=O) groups excluding carboxylic acids is 1. The van der Waals surface area contributed by atoms with Crippen LogP contribution in [0.3, 0.4) is 0 Å². The standard InChI is InChI=1S/C29H26BrNO4/c30-27-20-23(14-15-28(27)35-17-16-22-8-3-1-4-9-22)29(32)31-24-10-7-13-26(21-24)34-19-18-33-25-11-5-2-6-12-25/h1-15,20-21H,16-19H2,(H,31,32). The number of para-hydroxylation sites is 1. The van der Waals surface area contributed by atoms with Crippen molar-refractivity contribution in [3.8, 4) is 17.2 Å². The minimum Gasteiger partial charge on any atom is -0.492 e. The fraction of sp³-hybridized carbons (Fsp3) is 0.138. The Balaban J connectivity index is 1.26. The lowest BCUT2D eigenvalue weighted by Crippen LogP contribution is -2.13. The van der Waals surface area contributed by atoms with E-state index in [1.165, 1.54) is 5.56 Å². The van der Waals surface area contributed by atoms with Crippen LogP contribution in [0.5, 0.6) is 17.2 Å². The predicted octanol–water partition coefficient (Wildman–Crippen LogP) is 6.78. The van der Waals surface area contributed by atoms with Crippen molar-refractivity contribution < 1.29 is 19.0 Å². The molecule has 0 bridgehead atoms. The summed E-state index contributed by atoms with van der Waals surface area (Å²) in [5.41, 5.74) is 2.39. The molecule has 0 fully saturated rings. The third kappa shape index (κ3) is 7.62. The highest BCUT2D eigenvalue weighted by Crippen LogP contribution is 2.27. The van der Waals surface area contributed by atoms with E-state index in [-0.39, 0.29) is 5.91 Å². The summed E-state index contributed by atoms with van der Waals surface area (Å²) in [7, 11) is 0. The molecule has 0 radical (unpaired) electrons. The van der Waals surface area contributed by atoms with Gasteiger partial charge in [0.05, 0.1) is 11.1 Å². The predicted molar refractivity (Wildman–Crippen MR) is 142 cm³/mol. The van der Waals surface area contributed by atoms with E-state index in [0.717, 1.165) is 16.6 Å². The van der Waals surface area contributed by atoms with Crippen molar-refractivity contribution in [2.75, 3.05) is 25.1 Å². The molecule has 4 aromatic carbocycles. The first kappa shape index (κ1) is 24.4. The van der Waals surface area contributed by atoms with Crippen molar-refractivity contribution in [2.24, 2.45) is 0 Å². The third-order valence-electron chi connectivity index (χ3n) is 5.14. The Hall–Kier alpha value is -3.77. The number of rotatable bonds is 11. The van der Waals surface area contributed by atoms with Crippen LogP contribution >= 0.6 is 15.9 Å². The summed E-state index contributed by atoms with van der Waals surface area (Å²) < 4.78 is 18.0. The maximum absolute atomic E-state index is 12.8. The smallest absolute Gasteiger partial charge is 0.255 e. The van der Waals surface area contributed by atoms with Crippen molar-refractivity contribution in [1.29, 1.82) is 0 Å². The van der Waals surface area contributed by atoms with Crippen LogP contribution in [0.25, 0.3) is 0 Å². The number of hydrogen-bond donors (Lipinski definition) is 1. The molecule has 5 nitrogen and oxygen atoms in total. The van der Waals surface area contributed by atoms with Gasteiger partial charge in [0.1, 0.15) is 30.5 Å². The number of halogens is 1. The van der Waals surface area contributed by atoms with E-state index < -0.39 is 0 Å². The van der Waals surface area contributed by atoms with Gasteiger partial charge in [0.2, 0.25) is 0 Å². The summed E-state index contributed by atoms with van der Waals surface area (Å²) in [6, 6.07) is 32.4. The van der Waals surface area contributed by atoms with E-state index in [2.05, 4.69) is 33.4 Å². The van der Waals surface area contributed by atoms with Crippen molar-refractivity contribution in [3.05, 3.63) is 119 Å². The van der Waals surface area contributed by atoms with Crippen LogP contribution in [0.15, 0.2) is 108 Å². The molecule has 0 unspecified atom stereocenters. The Bertz CT molecular complexity index is 1230. The van der Waals surface area contributed by atoms with Crippen molar-refractivity contribution in [2.45, 2.75) is 6.42 Å². The molecule has 0 saturated carbocycles. The van der Waals surface area contributed by atoms with Crippen LogP contribution in [0.4, 0.5) is 5.69 Å². The van der Waals surface area contributed by atoms with Crippen LogP contribution in [-0.2, 0) is 6.42 Å². The molecule has 4 aromatic rings. The van der Waals surface area contributed by atoms with Gasteiger partial charge in [-0.2, -0.15) is 0 Å². The Morgan fingerprint density at radius 1 is 0.686 bits per heavy atom. The first-order chi connectivity index (χ1) is 17.2. The zero-order valence-corrected chi connectivity index (χ0v) is 20.7. The average molecular weight is 532 g/mol. The minimum atomic E-state index is -0.217. The molecule has 178 valence electrons. The second-order valence-electron chi connectivity index (χ2n) is 7.72. The lowest BCUT2D eigenvalue weighted by molar-refractivity contribution is 0.102. The summed E-state index contributed by atoms with van der Waals surface area (Å²) in [5, 5.41) is 2.91. The molecule has 1 N–H and O–H groups in total. The molecule has 0 aliphatic carbocycles. The lowest BCUT2D eigenvalue weighted by atomic mass is 10.1. The van der Waals surface area contributed by atoms with Gasteiger partial charge >= 0.3 is 0 Å². The quantitative estimate of drug-likeness (QED) is 0.217. The normalized spacial score (nSPS) is 10.4. The number of benzene rings is 4. The number of nitrogens with one attached hydrogen (secondary N) is 1.